The van der Waals surface area contributed by atoms with E-state index in [0.717, 1.165) is 5.56 Å². The van der Waals surface area contributed by atoms with E-state index in [1.807, 2.05) is 30.3 Å². The van der Waals surface area contributed by atoms with E-state index in [2.05, 4.69) is 10.6 Å². The van der Waals surface area contributed by atoms with Crippen molar-refractivity contribution >= 4 is 11.8 Å². The van der Waals surface area contributed by atoms with E-state index in [1.54, 1.807) is 6.92 Å². The van der Waals surface area contributed by atoms with Crippen LogP contribution in [-0.4, -0.2) is 42.8 Å². The first-order valence-electron chi connectivity index (χ1n) is 6.70. The SMILES string of the molecule is COCC(C)(O)CNC(=O)C(=O)NC(C)c1ccccc1. The molecule has 6 nitrogen and oxygen atoms in total. The second-order valence-corrected chi connectivity index (χ2v) is 5.22. The largest absolute Gasteiger partial charge is 0.386 e. The zero-order valence-corrected chi connectivity index (χ0v) is 12.6. The Morgan fingerprint density at radius 2 is 1.90 bits per heavy atom. The van der Waals surface area contributed by atoms with Crippen LogP contribution in [0.4, 0.5) is 0 Å². The molecule has 0 aliphatic heterocycles. The first-order valence-corrected chi connectivity index (χ1v) is 6.70. The molecule has 0 aliphatic rings. The Hall–Kier alpha value is -1.92. The molecule has 0 bridgehead atoms. The first-order chi connectivity index (χ1) is 9.85. The molecule has 0 saturated heterocycles. The highest BCUT2D eigenvalue weighted by Crippen LogP contribution is 2.10. The third-order valence-corrected chi connectivity index (χ3v) is 2.94. The number of carbonyl (C=O) groups is 2. The highest BCUT2D eigenvalue weighted by Gasteiger charge is 2.23. The third kappa shape index (κ3) is 5.93. The number of hydrogen-bond donors (Lipinski definition) is 3. The van der Waals surface area contributed by atoms with Crippen LogP contribution >= 0.6 is 0 Å². The van der Waals surface area contributed by atoms with Gasteiger partial charge in [-0.2, -0.15) is 0 Å². The van der Waals surface area contributed by atoms with Gasteiger partial charge in [-0.3, -0.25) is 9.59 Å². The van der Waals surface area contributed by atoms with Gasteiger partial charge in [0.25, 0.3) is 0 Å². The van der Waals surface area contributed by atoms with Gasteiger partial charge < -0.3 is 20.5 Å². The van der Waals surface area contributed by atoms with Crippen LogP contribution in [0.1, 0.15) is 25.5 Å². The molecule has 116 valence electrons. The summed E-state index contributed by atoms with van der Waals surface area (Å²) in [7, 11) is 1.45. The van der Waals surface area contributed by atoms with Crippen molar-refractivity contribution in [3.05, 3.63) is 35.9 Å². The molecule has 1 rings (SSSR count). The Kier molecular flexibility index (Phi) is 6.33. The number of methoxy groups -OCH3 is 1. The van der Waals surface area contributed by atoms with Crippen molar-refractivity contribution in [2.75, 3.05) is 20.3 Å². The average Bonchev–Trinajstić information content (AvgIpc) is 2.45. The van der Waals surface area contributed by atoms with E-state index >= 15 is 0 Å². The van der Waals surface area contributed by atoms with Crippen LogP contribution in [0.3, 0.4) is 0 Å². The van der Waals surface area contributed by atoms with Gasteiger partial charge in [-0.25, -0.2) is 0 Å². The minimum Gasteiger partial charge on any atom is -0.386 e. The van der Waals surface area contributed by atoms with Crippen molar-refractivity contribution in [2.45, 2.75) is 25.5 Å². The van der Waals surface area contributed by atoms with Crippen LogP contribution in [0.5, 0.6) is 0 Å². The van der Waals surface area contributed by atoms with E-state index in [-0.39, 0.29) is 19.2 Å². The van der Waals surface area contributed by atoms with Crippen LogP contribution in [0.25, 0.3) is 0 Å². The normalized spacial score (nSPS) is 14.9. The van der Waals surface area contributed by atoms with Crippen molar-refractivity contribution in [2.24, 2.45) is 0 Å². The molecule has 21 heavy (non-hydrogen) atoms. The summed E-state index contributed by atoms with van der Waals surface area (Å²) < 4.78 is 4.82. The molecule has 3 N–H and O–H groups in total. The third-order valence-electron chi connectivity index (χ3n) is 2.94. The summed E-state index contributed by atoms with van der Waals surface area (Å²) in [6.07, 6.45) is 0. The molecule has 0 radical (unpaired) electrons. The number of carbonyl (C=O) groups excluding carboxylic acids is 2. The Labute approximate surface area is 124 Å². The predicted octanol–water partition coefficient (Wildman–Crippen LogP) is 0.377. The summed E-state index contributed by atoms with van der Waals surface area (Å²) in [4.78, 5) is 23.5. The fourth-order valence-electron chi connectivity index (χ4n) is 1.80. The van der Waals surface area contributed by atoms with Crippen molar-refractivity contribution < 1.29 is 19.4 Å². The molecule has 2 atom stereocenters. The predicted molar refractivity (Wildman–Crippen MR) is 78.5 cm³/mol. The van der Waals surface area contributed by atoms with Gasteiger partial charge >= 0.3 is 11.8 Å². The number of amides is 2. The summed E-state index contributed by atoms with van der Waals surface area (Å²) in [5, 5.41) is 14.8. The van der Waals surface area contributed by atoms with E-state index < -0.39 is 17.4 Å². The molecule has 0 heterocycles. The quantitative estimate of drug-likeness (QED) is 0.662. The fourth-order valence-corrected chi connectivity index (χ4v) is 1.80. The Morgan fingerprint density at radius 3 is 2.48 bits per heavy atom. The molecule has 0 fully saturated rings. The molecule has 0 saturated carbocycles. The van der Waals surface area contributed by atoms with Crippen molar-refractivity contribution in [1.82, 2.24) is 10.6 Å². The zero-order valence-electron chi connectivity index (χ0n) is 12.6. The molecule has 0 aromatic heterocycles. The van der Waals surface area contributed by atoms with Crippen LogP contribution < -0.4 is 10.6 Å². The number of hydrogen-bond acceptors (Lipinski definition) is 4. The van der Waals surface area contributed by atoms with Gasteiger partial charge in [-0.1, -0.05) is 30.3 Å². The minimum atomic E-state index is -1.21. The molecule has 2 amide bonds. The fraction of sp³-hybridized carbons (Fsp3) is 0.467. The summed E-state index contributed by atoms with van der Waals surface area (Å²) in [5.74, 6) is -1.52. The maximum absolute atomic E-state index is 11.8. The Morgan fingerprint density at radius 1 is 1.29 bits per heavy atom. The standard InChI is InChI=1S/C15H22N2O4/c1-11(12-7-5-4-6-8-12)17-14(19)13(18)16-9-15(2,20)10-21-3/h4-8,11,20H,9-10H2,1-3H3,(H,16,18)(H,17,19). The molecule has 2 unspecified atom stereocenters. The van der Waals surface area contributed by atoms with Crippen molar-refractivity contribution in [3.63, 3.8) is 0 Å². The van der Waals surface area contributed by atoms with Crippen LogP contribution in [0.15, 0.2) is 30.3 Å². The lowest BCUT2D eigenvalue weighted by Gasteiger charge is -2.22. The Balaban J connectivity index is 2.46. The van der Waals surface area contributed by atoms with Gasteiger partial charge in [0.2, 0.25) is 0 Å². The molecule has 1 aromatic carbocycles. The average molecular weight is 294 g/mol. The second kappa shape index (κ2) is 7.75. The number of aliphatic hydroxyl groups is 1. The van der Waals surface area contributed by atoms with E-state index in [4.69, 9.17) is 4.74 Å². The van der Waals surface area contributed by atoms with Crippen LogP contribution in [0.2, 0.25) is 0 Å². The first kappa shape index (κ1) is 17.1. The van der Waals surface area contributed by atoms with E-state index in [9.17, 15) is 14.7 Å². The van der Waals surface area contributed by atoms with Gasteiger partial charge in [0.05, 0.1) is 12.6 Å². The van der Waals surface area contributed by atoms with E-state index in [0.29, 0.717) is 0 Å². The molecule has 1 aromatic rings. The lowest BCUT2D eigenvalue weighted by Crippen LogP contribution is -2.48. The van der Waals surface area contributed by atoms with Gasteiger partial charge in [-0.15, -0.1) is 0 Å². The van der Waals surface area contributed by atoms with Gasteiger partial charge in [0, 0.05) is 13.7 Å². The lowest BCUT2D eigenvalue weighted by molar-refractivity contribution is -0.140. The number of benzene rings is 1. The van der Waals surface area contributed by atoms with Crippen LogP contribution in [0, 0.1) is 0 Å². The summed E-state index contributed by atoms with van der Waals surface area (Å²) in [5.41, 5.74) is -0.305. The topological polar surface area (TPSA) is 87.7 Å². The molecule has 6 heteroatoms. The summed E-state index contributed by atoms with van der Waals surface area (Å²) >= 11 is 0. The number of ether oxygens (including phenoxy) is 1. The van der Waals surface area contributed by atoms with Crippen molar-refractivity contribution in [3.8, 4) is 0 Å². The monoisotopic (exact) mass is 294 g/mol. The molecular formula is C15H22N2O4. The maximum Gasteiger partial charge on any atom is 0.309 e. The Bertz CT molecular complexity index is 474. The second-order valence-electron chi connectivity index (χ2n) is 5.22. The summed E-state index contributed by atoms with van der Waals surface area (Å²) in [6.45, 7) is 3.31. The van der Waals surface area contributed by atoms with Crippen LogP contribution in [-0.2, 0) is 14.3 Å². The molecular weight excluding hydrogens is 272 g/mol. The van der Waals surface area contributed by atoms with Crippen molar-refractivity contribution in [1.29, 1.82) is 0 Å². The van der Waals surface area contributed by atoms with E-state index in [1.165, 1.54) is 14.0 Å². The van der Waals surface area contributed by atoms with Gasteiger partial charge in [0.15, 0.2) is 0 Å². The molecule has 0 spiro atoms. The number of nitrogens with one attached hydrogen (secondary N) is 2. The summed E-state index contributed by atoms with van der Waals surface area (Å²) in [6, 6.07) is 9.06. The smallest absolute Gasteiger partial charge is 0.309 e. The lowest BCUT2D eigenvalue weighted by atomic mass is 10.1. The highest BCUT2D eigenvalue weighted by atomic mass is 16.5. The zero-order chi connectivity index (χ0) is 15.9. The molecule has 0 aliphatic carbocycles. The van der Waals surface area contributed by atoms with Gasteiger partial charge in [0.1, 0.15) is 5.60 Å². The number of rotatable bonds is 6. The maximum atomic E-state index is 11.8. The minimum absolute atomic E-state index is 0.0627. The highest BCUT2D eigenvalue weighted by molar-refractivity contribution is 6.35. The van der Waals surface area contributed by atoms with Gasteiger partial charge in [-0.05, 0) is 19.4 Å².